The van der Waals surface area contributed by atoms with Crippen LogP contribution < -0.4 is 21.3 Å². The molecule has 2 aromatic carbocycles. The Bertz CT molecular complexity index is 1990. The Kier molecular flexibility index (Phi) is 12.7. The highest BCUT2D eigenvalue weighted by molar-refractivity contribution is 7.80. The van der Waals surface area contributed by atoms with Crippen LogP contribution in [0.1, 0.15) is 75.0 Å². The second-order valence-electron chi connectivity index (χ2n) is 14.0. The Morgan fingerprint density at radius 2 is 1.70 bits per heavy atom. The number of thiocarbonyl (C=S) groups is 1. The molecular formula is C39H45F4N7O3S. The van der Waals surface area contributed by atoms with Gasteiger partial charge < -0.3 is 26.3 Å². The lowest BCUT2D eigenvalue weighted by atomic mass is 9.78. The summed E-state index contributed by atoms with van der Waals surface area (Å²) in [7, 11) is 0. The average Bonchev–Trinajstić information content (AvgIpc) is 3.52. The van der Waals surface area contributed by atoms with Crippen molar-refractivity contribution in [1.82, 2.24) is 36.2 Å². The van der Waals surface area contributed by atoms with Crippen LogP contribution in [-0.2, 0) is 46.4 Å². The van der Waals surface area contributed by atoms with E-state index in [1.165, 1.54) is 30.6 Å². The quantitative estimate of drug-likeness (QED) is 0.0798. The first-order valence-corrected chi connectivity index (χ1v) is 18.5. The molecule has 1 aliphatic rings. The molecule has 0 saturated heterocycles. The predicted octanol–water partition coefficient (Wildman–Crippen LogP) is 5.88. The van der Waals surface area contributed by atoms with E-state index in [-0.39, 0.29) is 49.2 Å². The number of nitrogens with one attached hydrogen (secondary N) is 5. The van der Waals surface area contributed by atoms with Gasteiger partial charge in [-0.2, -0.15) is 13.2 Å². The van der Waals surface area contributed by atoms with Crippen molar-refractivity contribution in [3.05, 3.63) is 95.0 Å². The number of aromatic amines is 1. The number of carbonyl (C=O) groups is 3. The topological polar surface area (TPSA) is 141 Å². The molecule has 0 saturated carbocycles. The van der Waals surface area contributed by atoms with Crippen LogP contribution in [0.15, 0.2) is 61.1 Å². The van der Waals surface area contributed by atoms with Gasteiger partial charge in [0.15, 0.2) is 0 Å². The van der Waals surface area contributed by atoms with E-state index in [0.29, 0.717) is 40.2 Å². The summed E-state index contributed by atoms with van der Waals surface area (Å²) >= 11 is 5.78. The van der Waals surface area contributed by atoms with Crippen LogP contribution in [0.2, 0.25) is 0 Å². The SMILES string of the molecule is CCC(C)[C@H](NC(=O)Cc1ccccc1F)C(=O)N[C@]1(C(=O)NC(C(=S)NCc2ccncn2)[C@@H](C)CC)CCc2[nH]c3c(C(F)(F)F)cccc3c2C1. The summed E-state index contributed by atoms with van der Waals surface area (Å²) in [6.45, 7) is 7.77. The van der Waals surface area contributed by atoms with Crippen molar-refractivity contribution in [2.75, 3.05) is 0 Å². The van der Waals surface area contributed by atoms with Gasteiger partial charge in [0.1, 0.15) is 23.7 Å². The molecule has 1 aliphatic carbocycles. The highest BCUT2D eigenvalue weighted by atomic mass is 32.1. The number of fused-ring (bicyclic) bond motifs is 3. The van der Waals surface area contributed by atoms with Crippen molar-refractivity contribution in [3.8, 4) is 0 Å². The Hall–Kier alpha value is -4.92. The lowest BCUT2D eigenvalue weighted by Crippen LogP contribution is -2.67. The number of aryl methyl sites for hydroxylation is 1. The van der Waals surface area contributed by atoms with Crippen molar-refractivity contribution >= 4 is 45.8 Å². The van der Waals surface area contributed by atoms with Crippen molar-refractivity contribution in [3.63, 3.8) is 0 Å². The standard InChI is InChI=1S/C39H45F4N7O3S/c1-5-22(3)32(48-31(51)18-24-10-7-8-13-29(24)40)35(52)50-38(16-14-30-27(19-38)26-11-9-12-28(34(26)47-30)39(41,42)43)37(53)49-33(23(4)6-2)36(54)45-20-25-15-17-44-21-46-25/h7-13,15,17,21-23,32-33,47H,5-6,14,16,18-20H2,1-4H3,(H,45,54)(H,48,51)(H,49,53)(H,50,52)/t22?,23-,32-,33?,38+/m0/s1. The maximum Gasteiger partial charge on any atom is 0.418 e. The normalized spacial score (nSPS) is 17.8. The Labute approximate surface area is 316 Å². The summed E-state index contributed by atoms with van der Waals surface area (Å²) in [4.78, 5) is 53.8. The number of amides is 3. The van der Waals surface area contributed by atoms with Gasteiger partial charge in [0.05, 0.1) is 40.8 Å². The van der Waals surface area contributed by atoms with E-state index in [0.717, 1.165) is 6.07 Å². The summed E-state index contributed by atoms with van der Waals surface area (Å²) in [6.07, 6.45) is -0.761. The highest BCUT2D eigenvalue weighted by Gasteiger charge is 2.47. The molecule has 10 nitrogen and oxygen atoms in total. The first kappa shape index (κ1) is 40.3. The van der Waals surface area contributed by atoms with Gasteiger partial charge in [0.2, 0.25) is 17.7 Å². The van der Waals surface area contributed by atoms with E-state index < -0.39 is 58.8 Å². The molecule has 2 heterocycles. The summed E-state index contributed by atoms with van der Waals surface area (Å²) in [5.41, 5.74) is -0.725. The maximum atomic E-state index is 14.8. The minimum Gasteiger partial charge on any atom is -0.372 e. The molecule has 0 aliphatic heterocycles. The summed E-state index contributed by atoms with van der Waals surface area (Å²) in [5, 5.41) is 12.3. The zero-order chi connectivity index (χ0) is 39.2. The van der Waals surface area contributed by atoms with Gasteiger partial charge in [-0.25, -0.2) is 14.4 Å². The smallest absolute Gasteiger partial charge is 0.372 e. The van der Waals surface area contributed by atoms with E-state index in [1.54, 1.807) is 31.3 Å². The Balaban J connectivity index is 1.49. The molecule has 3 amide bonds. The average molecular weight is 768 g/mol. The molecule has 5 atom stereocenters. The number of rotatable bonds is 14. The number of nitrogens with zero attached hydrogens (tertiary/aromatic N) is 2. The molecule has 15 heteroatoms. The molecule has 0 spiro atoms. The van der Waals surface area contributed by atoms with Crippen LogP contribution in [0, 0.1) is 17.7 Å². The van der Waals surface area contributed by atoms with Crippen LogP contribution in [0.4, 0.5) is 17.6 Å². The number of carbonyl (C=O) groups excluding carboxylic acids is 3. The zero-order valence-electron chi connectivity index (χ0n) is 30.6. The van der Waals surface area contributed by atoms with E-state index in [1.807, 2.05) is 20.8 Å². The van der Waals surface area contributed by atoms with Crippen LogP contribution in [0.3, 0.4) is 0 Å². The Morgan fingerprint density at radius 1 is 0.981 bits per heavy atom. The van der Waals surface area contributed by atoms with Crippen molar-refractivity contribution < 1.29 is 31.9 Å². The molecule has 54 heavy (non-hydrogen) atoms. The van der Waals surface area contributed by atoms with E-state index in [4.69, 9.17) is 12.2 Å². The van der Waals surface area contributed by atoms with E-state index >= 15 is 0 Å². The minimum absolute atomic E-state index is 0.0382. The minimum atomic E-state index is -4.63. The fourth-order valence-corrected chi connectivity index (χ4v) is 7.17. The largest absolute Gasteiger partial charge is 0.418 e. The molecule has 2 aromatic heterocycles. The van der Waals surface area contributed by atoms with Gasteiger partial charge in [-0.3, -0.25) is 14.4 Å². The van der Waals surface area contributed by atoms with Gasteiger partial charge >= 0.3 is 6.18 Å². The number of halogens is 4. The van der Waals surface area contributed by atoms with Gasteiger partial charge in [-0.15, -0.1) is 0 Å². The summed E-state index contributed by atoms with van der Waals surface area (Å²) in [5.74, 6) is -2.91. The molecule has 288 valence electrons. The monoisotopic (exact) mass is 767 g/mol. The molecule has 2 unspecified atom stereocenters. The molecule has 5 rings (SSSR count). The number of aromatic nitrogens is 3. The highest BCUT2D eigenvalue weighted by Crippen LogP contribution is 2.40. The van der Waals surface area contributed by atoms with Crippen LogP contribution in [0.5, 0.6) is 0 Å². The number of para-hydroxylation sites is 1. The molecule has 0 bridgehead atoms. The second kappa shape index (κ2) is 17.0. The van der Waals surface area contributed by atoms with Crippen molar-refractivity contribution in [1.29, 1.82) is 0 Å². The fourth-order valence-electron chi connectivity index (χ4n) is 6.81. The number of hydrogen-bond acceptors (Lipinski definition) is 6. The fraction of sp³-hybridized carbons (Fsp3) is 0.436. The number of hydrogen-bond donors (Lipinski definition) is 5. The van der Waals surface area contributed by atoms with Gasteiger partial charge in [0.25, 0.3) is 0 Å². The Morgan fingerprint density at radius 3 is 2.37 bits per heavy atom. The maximum absolute atomic E-state index is 14.8. The lowest BCUT2D eigenvalue weighted by Gasteiger charge is -2.40. The summed E-state index contributed by atoms with van der Waals surface area (Å²) < 4.78 is 56.6. The molecule has 0 fully saturated rings. The third kappa shape index (κ3) is 9.05. The third-order valence-electron chi connectivity index (χ3n) is 10.4. The van der Waals surface area contributed by atoms with Gasteiger partial charge in [-0.1, -0.05) is 83.1 Å². The molecule has 4 aromatic rings. The van der Waals surface area contributed by atoms with Crippen molar-refractivity contribution in [2.45, 2.75) is 96.6 Å². The number of benzene rings is 2. The number of alkyl halides is 3. The first-order chi connectivity index (χ1) is 25.7. The van der Waals surface area contributed by atoms with Crippen molar-refractivity contribution in [2.24, 2.45) is 11.8 Å². The lowest BCUT2D eigenvalue weighted by molar-refractivity contribution is -0.137. The molecule has 0 radical (unpaired) electrons. The van der Waals surface area contributed by atoms with Crippen LogP contribution in [-0.4, -0.2) is 55.3 Å². The zero-order valence-corrected chi connectivity index (χ0v) is 31.4. The van der Waals surface area contributed by atoms with E-state index in [9.17, 15) is 31.9 Å². The van der Waals surface area contributed by atoms with Gasteiger partial charge in [0, 0.05) is 23.7 Å². The predicted molar refractivity (Wildman–Crippen MR) is 201 cm³/mol. The third-order valence-corrected chi connectivity index (χ3v) is 10.8. The summed E-state index contributed by atoms with van der Waals surface area (Å²) in [6, 6.07) is 9.66. The number of H-pyrrole nitrogens is 1. The molecule has 5 N–H and O–H groups in total. The van der Waals surface area contributed by atoms with Gasteiger partial charge in [-0.05, 0) is 54.0 Å². The first-order valence-electron chi connectivity index (χ1n) is 18.0. The molecular weight excluding hydrogens is 723 g/mol. The van der Waals surface area contributed by atoms with Crippen LogP contribution >= 0.6 is 12.2 Å². The van der Waals surface area contributed by atoms with E-state index in [2.05, 4.69) is 36.2 Å². The second-order valence-corrected chi connectivity index (χ2v) is 14.5. The van der Waals surface area contributed by atoms with Crippen LogP contribution in [0.25, 0.3) is 10.9 Å².